The van der Waals surface area contributed by atoms with E-state index in [9.17, 15) is 9.59 Å². The van der Waals surface area contributed by atoms with Gasteiger partial charge in [-0.2, -0.15) is 0 Å². The summed E-state index contributed by atoms with van der Waals surface area (Å²) in [5.41, 5.74) is 2.84. The number of carbonyl (C=O) groups excluding carboxylic acids is 2. The highest BCUT2D eigenvalue weighted by Gasteiger charge is 2.60. The van der Waals surface area contributed by atoms with Crippen LogP contribution in [0.5, 0.6) is 11.5 Å². The Morgan fingerprint density at radius 3 is 2.00 bits per heavy atom. The van der Waals surface area contributed by atoms with Gasteiger partial charge in [0.15, 0.2) is 6.10 Å². The second kappa shape index (κ2) is 8.66. The molecule has 2 amide bonds. The minimum Gasteiger partial charge on any atom is -0.497 e. The van der Waals surface area contributed by atoms with Gasteiger partial charge in [-0.25, -0.2) is 9.96 Å². The Balaban J connectivity index is 1.56. The summed E-state index contributed by atoms with van der Waals surface area (Å²) in [7, 11) is 3.19. The van der Waals surface area contributed by atoms with Gasteiger partial charge in [0, 0.05) is 5.02 Å². The molecule has 0 saturated carbocycles. The first-order chi connectivity index (χ1) is 16.4. The third-order valence-electron chi connectivity index (χ3n) is 6.31. The highest BCUT2D eigenvalue weighted by molar-refractivity contribution is 6.32. The fourth-order valence-electron chi connectivity index (χ4n) is 4.48. The quantitative estimate of drug-likeness (QED) is 0.494. The number of hydrogen-bond donors (Lipinski definition) is 0. The third-order valence-corrected chi connectivity index (χ3v) is 6.72. The van der Waals surface area contributed by atoms with E-state index < -0.39 is 24.0 Å². The van der Waals surface area contributed by atoms with Crippen LogP contribution in [-0.2, 0) is 14.4 Å². The van der Waals surface area contributed by atoms with E-state index in [-0.39, 0.29) is 5.91 Å². The molecule has 0 spiro atoms. The lowest BCUT2D eigenvalue weighted by Crippen LogP contribution is -2.37. The molecular weight excluding hydrogens is 456 g/mol. The third kappa shape index (κ3) is 3.57. The summed E-state index contributed by atoms with van der Waals surface area (Å²) < 4.78 is 10.5. The van der Waals surface area contributed by atoms with Gasteiger partial charge in [0.2, 0.25) is 5.91 Å². The molecule has 5 rings (SSSR count). The van der Waals surface area contributed by atoms with Gasteiger partial charge in [0.25, 0.3) is 5.91 Å². The van der Waals surface area contributed by atoms with Crippen molar-refractivity contribution < 1.29 is 23.9 Å². The highest BCUT2D eigenvalue weighted by Crippen LogP contribution is 2.48. The van der Waals surface area contributed by atoms with Crippen molar-refractivity contribution in [1.29, 1.82) is 0 Å². The van der Waals surface area contributed by atoms with Gasteiger partial charge in [-0.15, -0.1) is 0 Å². The van der Waals surface area contributed by atoms with Crippen molar-refractivity contribution in [2.45, 2.75) is 19.1 Å². The SMILES string of the molecule is COc1ccc([C@H]2[C@@H]3C(=O)N(c4ccc(C)c(Cl)c4)C(=O)[C@H]3ON2c2ccc(OC)cc2)cc1. The smallest absolute Gasteiger partial charge is 0.266 e. The Hall–Kier alpha value is -3.55. The van der Waals surface area contributed by atoms with Crippen LogP contribution in [0.3, 0.4) is 0 Å². The van der Waals surface area contributed by atoms with Gasteiger partial charge >= 0.3 is 0 Å². The number of carbonyl (C=O) groups is 2. The lowest BCUT2D eigenvalue weighted by molar-refractivity contribution is -0.126. The summed E-state index contributed by atoms with van der Waals surface area (Å²) in [5.74, 6) is -0.0852. The lowest BCUT2D eigenvalue weighted by atomic mass is 9.90. The summed E-state index contributed by atoms with van der Waals surface area (Å²) in [4.78, 5) is 34.5. The molecule has 3 aromatic rings. The van der Waals surface area contributed by atoms with E-state index in [0.29, 0.717) is 27.9 Å². The number of hydroxylamine groups is 1. The van der Waals surface area contributed by atoms with E-state index in [1.165, 1.54) is 4.90 Å². The topological polar surface area (TPSA) is 68.3 Å². The molecule has 0 radical (unpaired) electrons. The molecule has 2 heterocycles. The van der Waals surface area contributed by atoms with Crippen LogP contribution in [0.4, 0.5) is 11.4 Å². The number of ether oxygens (including phenoxy) is 2. The first kappa shape index (κ1) is 22.3. The molecule has 2 aliphatic heterocycles. The van der Waals surface area contributed by atoms with Gasteiger partial charge in [-0.05, 0) is 66.6 Å². The number of hydrogen-bond acceptors (Lipinski definition) is 6. The first-order valence-electron chi connectivity index (χ1n) is 10.8. The number of benzene rings is 3. The van der Waals surface area contributed by atoms with Crippen LogP contribution in [0, 0.1) is 12.8 Å². The molecule has 0 unspecified atom stereocenters. The predicted octanol–water partition coefficient (Wildman–Crippen LogP) is 4.72. The second-order valence-electron chi connectivity index (χ2n) is 8.24. The number of imide groups is 1. The molecule has 0 bridgehead atoms. The van der Waals surface area contributed by atoms with Crippen LogP contribution in [0.15, 0.2) is 66.7 Å². The zero-order chi connectivity index (χ0) is 24.0. The van der Waals surface area contributed by atoms with Gasteiger partial charge in [-0.1, -0.05) is 29.8 Å². The number of halogens is 1. The summed E-state index contributed by atoms with van der Waals surface area (Å²) >= 11 is 6.28. The number of methoxy groups -OCH3 is 2. The first-order valence-corrected chi connectivity index (χ1v) is 11.2. The fraction of sp³-hybridized carbons (Fsp3) is 0.231. The van der Waals surface area contributed by atoms with Crippen molar-refractivity contribution in [3.63, 3.8) is 0 Å². The number of nitrogens with zero attached hydrogens (tertiary/aromatic N) is 2. The van der Waals surface area contributed by atoms with Crippen molar-refractivity contribution in [3.05, 3.63) is 82.9 Å². The molecular formula is C26H23ClN2O5. The van der Waals surface area contributed by atoms with Crippen LogP contribution in [0.25, 0.3) is 0 Å². The Morgan fingerprint density at radius 1 is 0.824 bits per heavy atom. The zero-order valence-electron chi connectivity index (χ0n) is 18.9. The van der Waals surface area contributed by atoms with Gasteiger partial charge in [0.05, 0.1) is 31.6 Å². The Labute approximate surface area is 202 Å². The molecule has 3 aromatic carbocycles. The summed E-state index contributed by atoms with van der Waals surface area (Å²) in [6, 6.07) is 19.3. The maximum Gasteiger partial charge on any atom is 0.266 e. The largest absolute Gasteiger partial charge is 0.497 e. The normalized spacial score (nSPS) is 21.7. The average Bonchev–Trinajstić information content (AvgIpc) is 3.37. The number of amides is 2. The summed E-state index contributed by atoms with van der Waals surface area (Å²) in [6.07, 6.45) is -0.957. The number of anilines is 2. The van der Waals surface area contributed by atoms with Crippen LogP contribution in [0.1, 0.15) is 17.2 Å². The molecule has 7 nitrogen and oxygen atoms in total. The average molecular weight is 479 g/mol. The van der Waals surface area contributed by atoms with Crippen molar-refractivity contribution >= 4 is 34.8 Å². The molecule has 0 N–H and O–H groups in total. The van der Waals surface area contributed by atoms with Crippen LogP contribution < -0.4 is 19.4 Å². The Bertz CT molecular complexity index is 1250. The van der Waals surface area contributed by atoms with Crippen LogP contribution >= 0.6 is 11.6 Å². The maximum atomic E-state index is 13.7. The minimum atomic E-state index is -0.957. The number of rotatable bonds is 5. The highest BCUT2D eigenvalue weighted by atomic mass is 35.5. The number of aryl methyl sites for hydroxylation is 1. The van der Waals surface area contributed by atoms with E-state index in [2.05, 4.69) is 0 Å². The van der Waals surface area contributed by atoms with Gasteiger partial charge < -0.3 is 9.47 Å². The predicted molar refractivity (Wildman–Crippen MR) is 128 cm³/mol. The summed E-state index contributed by atoms with van der Waals surface area (Å²) in [5, 5.41) is 2.13. The van der Waals surface area contributed by atoms with Crippen molar-refractivity contribution in [2.75, 3.05) is 24.2 Å². The zero-order valence-corrected chi connectivity index (χ0v) is 19.7. The van der Waals surface area contributed by atoms with E-state index >= 15 is 0 Å². The molecule has 2 saturated heterocycles. The molecule has 34 heavy (non-hydrogen) atoms. The standard InChI is InChI=1S/C26H23ClN2O5/c1-15-4-7-18(14-21(15)27)28-25(30)22-23(16-5-10-19(32-2)11-6-16)29(34-24(22)26(28)31)17-8-12-20(33-3)13-9-17/h4-14,22-24H,1-3H3/t22-,23-,24-/m0/s1. The van der Waals surface area contributed by atoms with E-state index in [4.69, 9.17) is 25.9 Å². The fourth-order valence-corrected chi connectivity index (χ4v) is 4.66. The lowest BCUT2D eigenvalue weighted by Gasteiger charge is -2.29. The molecule has 3 atom stereocenters. The van der Waals surface area contributed by atoms with E-state index in [1.807, 2.05) is 55.5 Å². The monoisotopic (exact) mass is 478 g/mol. The van der Waals surface area contributed by atoms with Crippen LogP contribution in [-0.4, -0.2) is 32.1 Å². The summed E-state index contributed by atoms with van der Waals surface area (Å²) in [6.45, 7) is 1.87. The van der Waals surface area contributed by atoms with E-state index in [1.54, 1.807) is 37.5 Å². The molecule has 174 valence electrons. The number of fused-ring (bicyclic) bond motifs is 1. The van der Waals surface area contributed by atoms with Gasteiger partial charge in [0.1, 0.15) is 17.4 Å². The van der Waals surface area contributed by atoms with Crippen molar-refractivity contribution in [1.82, 2.24) is 0 Å². The second-order valence-corrected chi connectivity index (χ2v) is 8.65. The Morgan fingerprint density at radius 2 is 1.41 bits per heavy atom. The molecule has 2 fully saturated rings. The van der Waals surface area contributed by atoms with Crippen molar-refractivity contribution in [3.8, 4) is 11.5 Å². The maximum absolute atomic E-state index is 13.7. The Kier molecular flexibility index (Phi) is 5.67. The molecule has 0 aromatic heterocycles. The van der Waals surface area contributed by atoms with Gasteiger partial charge in [-0.3, -0.25) is 14.4 Å². The van der Waals surface area contributed by atoms with Crippen molar-refractivity contribution in [2.24, 2.45) is 5.92 Å². The van der Waals surface area contributed by atoms with E-state index in [0.717, 1.165) is 11.1 Å². The molecule has 2 aliphatic rings. The minimum absolute atomic E-state index is 0.327. The van der Waals surface area contributed by atoms with Crippen LogP contribution in [0.2, 0.25) is 5.02 Å². The molecule has 8 heteroatoms. The molecule has 0 aliphatic carbocycles.